The molecule has 4 heterocycles. The number of thiophene rings is 1. The number of piperidine rings is 1. The van der Waals surface area contributed by atoms with Crippen molar-refractivity contribution in [2.45, 2.75) is 18.8 Å². The lowest BCUT2D eigenvalue weighted by Gasteiger charge is -2.30. The zero-order chi connectivity index (χ0) is 20.5. The molecule has 1 fully saturated rings. The number of carbonyl (C=O) groups is 2. The molecule has 1 saturated heterocycles. The van der Waals surface area contributed by atoms with Gasteiger partial charge in [0.2, 0.25) is 11.8 Å². The molecule has 2 aliphatic heterocycles. The molecule has 154 valence electrons. The second-order valence-corrected chi connectivity index (χ2v) is 8.97. The second kappa shape index (κ2) is 8.04. The Hall–Kier alpha value is -2.98. The third-order valence-corrected chi connectivity index (χ3v) is 7.07. The van der Waals surface area contributed by atoms with Gasteiger partial charge in [0.25, 0.3) is 11.8 Å². The van der Waals surface area contributed by atoms with Gasteiger partial charge in [0.15, 0.2) is 11.5 Å². The van der Waals surface area contributed by atoms with E-state index in [1.54, 1.807) is 18.2 Å². The highest BCUT2D eigenvalue weighted by Gasteiger charge is 2.28. The first-order chi connectivity index (χ1) is 14.7. The number of anilines is 1. The van der Waals surface area contributed by atoms with Gasteiger partial charge in [-0.15, -0.1) is 21.5 Å². The molecule has 2 aliphatic rings. The molecule has 0 spiro atoms. The quantitative estimate of drug-likeness (QED) is 0.664. The Balaban J connectivity index is 1.19. The lowest BCUT2D eigenvalue weighted by molar-refractivity contribution is 0.0717. The van der Waals surface area contributed by atoms with Gasteiger partial charge >= 0.3 is 0 Å². The number of likely N-dealkylation sites (tertiary alicyclic amines) is 1. The summed E-state index contributed by atoms with van der Waals surface area (Å²) >= 11 is 2.77. The van der Waals surface area contributed by atoms with Crippen molar-refractivity contribution >= 4 is 40.2 Å². The zero-order valence-corrected chi connectivity index (χ0v) is 17.5. The summed E-state index contributed by atoms with van der Waals surface area (Å²) in [6.45, 7) is 1.55. The van der Waals surface area contributed by atoms with Crippen molar-refractivity contribution in [3.8, 4) is 11.5 Å². The normalized spacial score (nSPS) is 15.9. The summed E-state index contributed by atoms with van der Waals surface area (Å²) in [5, 5.41) is 14.2. The van der Waals surface area contributed by atoms with E-state index in [4.69, 9.17) is 9.47 Å². The summed E-state index contributed by atoms with van der Waals surface area (Å²) in [6, 6.07) is 8.99. The van der Waals surface area contributed by atoms with Gasteiger partial charge in [0, 0.05) is 30.8 Å². The van der Waals surface area contributed by atoms with Crippen molar-refractivity contribution in [3.63, 3.8) is 0 Å². The highest BCUT2D eigenvalue weighted by Crippen LogP contribution is 2.35. The molecule has 30 heavy (non-hydrogen) atoms. The Labute approximate surface area is 180 Å². The monoisotopic (exact) mass is 442 g/mol. The van der Waals surface area contributed by atoms with Gasteiger partial charge < -0.3 is 19.7 Å². The van der Waals surface area contributed by atoms with Crippen molar-refractivity contribution in [3.05, 3.63) is 50.6 Å². The summed E-state index contributed by atoms with van der Waals surface area (Å²) in [5.74, 6) is 1.26. The van der Waals surface area contributed by atoms with Gasteiger partial charge in [0.05, 0.1) is 4.88 Å². The third kappa shape index (κ3) is 3.75. The predicted octanol–water partition coefficient (Wildman–Crippen LogP) is 3.60. The minimum Gasteiger partial charge on any atom is -0.454 e. The van der Waals surface area contributed by atoms with Crippen molar-refractivity contribution in [2.24, 2.45) is 0 Å². The molecule has 0 saturated carbocycles. The fourth-order valence-electron chi connectivity index (χ4n) is 3.54. The van der Waals surface area contributed by atoms with Crippen molar-refractivity contribution in [1.82, 2.24) is 15.1 Å². The minimum atomic E-state index is -0.303. The maximum atomic E-state index is 12.6. The standard InChI is InChI=1S/C20H18N4O4S2/c25-17(21-13-3-4-14-15(10-13)28-11-27-14)19-23-22-18(30-19)12-5-7-24(8-6-12)20(26)16-2-1-9-29-16/h1-4,9-10,12H,5-8,11H2,(H,21,25). The van der Waals surface area contributed by atoms with E-state index in [0.29, 0.717) is 35.3 Å². The van der Waals surface area contributed by atoms with E-state index < -0.39 is 0 Å². The number of hydrogen-bond acceptors (Lipinski definition) is 8. The lowest BCUT2D eigenvalue weighted by atomic mass is 9.97. The van der Waals surface area contributed by atoms with Crippen LogP contribution in [0.25, 0.3) is 0 Å². The lowest BCUT2D eigenvalue weighted by Crippen LogP contribution is -2.37. The molecular formula is C20H18N4O4S2. The Morgan fingerprint density at radius 3 is 2.73 bits per heavy atom. The van der Waals surface area contributed by atoms with E-state index in [9.17, 15) is 9.59 Å². The molecule has 2 amide bonds. The van der Waals surface area contributed by atoms with Crippen molar-refractivity contribution < 1.29 is 19.1 Å². The number of fused-ring (bicyclic) bond motifs is 1. The van der Waals surface area contributed by atoms with Crippen LogP contribution in [0.2, 0.25) is 0 Å². The van der Waals surface area contributed by atoms with E-state index in [2.05, 4.69) is 15.5 Å². The summed E-state index contributed by atoms with van der Waals surface area (Å²) in [6.07, 6.45) is 1.63. The van der Waals surface area contributed by atoms with E-state index in [-0.39, 0.29) is 24.5 Å². The van der Waals surface area contributed by atoms with Crippen LogP contribution in [0, 0.1) is 0 Å². The van der Waals surface area contributed by atoms with Crippen LogP contribution in [0.1, 0.15) is 43.2 Å². The molecule has 8 nitrogen and oxygen atoms in total. The Kier molecular flexibility index (Phi) is 5.09. The topological polar surface area (TPSA) is 93.7 Å². The number of aromatic nitrogens is 2. The minimum absolute atomic E-state index is 0.0875. The maximum Gasteiger partial charge on any atom is 0.286 e. The van der Waals surface area contributed by atoms with Crippen LogP contribution in [0.4, 0.5) is 5.69 Å². The van der Waals surface area contributed by atoms with Crippen LogP contribution >= 0.6 is 22.7 Å². The zero-order valence-electron chi connectivity index (χ0n) is 15.9. The van der Waals surface area contributed by atoms with Gasteiger partial charge in [-0.3, -0.25) is 9.59 Å². The molecule has 1 N–H and O–H groups in total. The van der Waals surface area contributed by atoms with E-state index in [1.165, 1.54) is 22.7 Å². The Morgan fingerprint density at radius 2 is 1.93 bits per heavy atom. The van der Waals surface area contributed by atoms with Gasteiger partial charge in [-0.1, -0.05) is 17.4 Å². The summed E-state index contributed by atoms with van der Waals surface area (Å²) in [5.41, 5.74) is 0.612. The van der Waals surface area contributed by atoms with Gasteiger partial charge in [-0.05, 0) is 36.4 Å². The van der Waals surface area contributed by atoms with Crippen LogP contribution in [0.3, 0.4) is 0 Å². The fraction of sp³-hybridized carbons (Fsp3) is 0.300. The van der Waals surface area contributed by atoms with Gasteiger partial charge in [-0.2, -0.15) is 0 Å². The molecule has 0 unspecified atom stereocenters. The summed E-state index contributed by atoms with van der Waals surface area (Å²) < 4.78 is 10.6. The first kappa shape index (κ1) is 19.0. The van der Waals surface area contributed by atoms with E-state index in [0.717, 1.165) is 22.7 Å². The fourth-order valence-corrected chi connectivity index (χ4v) is 5.13. The first-order valence-electron chi connectivity index (χ1n) is 9.54. The number of nitrogens with zero attached hydrogens (tertiary/aromatic N) is 3. The molecule has 10 heteroatoms. The number of ether oxygens (including phenoxy) is 2. The maximum absolute atomic E-state index is 12.6. The highest BCUT2D eigenvalue weighted by molar-refractivity contribution is 7.13. The van der Waals surface area contributed by atoms with E-state index in [1.807, 2.05) is 22.4 Å². The molecular weight excluding hydrogens is 424 g/mol. The molecule has 3 aromatic rings. The molecule has 0 bridgehead atoms. The SMILES string of the molecule is O=C(Nc1ccc2c(c1)OCO2)c1nnc(C2CCN(C(=O)c3cccs3)CC2)s1. The van der Waals surface area contributed by atoms with Crippen LogP contribution in [-0.4, -0.2) is 46.8 Å². The van der Waals surface area contributed by atoms with Crippen molar-refractivity contribution in [1.29, 1.82) is 0 Å². The van der Waals surface area contributed by atoms with Crippen LogP contribution in [0.15, 0.2) is 35.7 Å². The van der Waals surface area contributed by atoms with Crippen LogP contribution in [-0.2, 0) is 0 Å². The average molecular weight is 443 g/mol. The molecule has 2 aromatic heterocycles. The number of carbonyl (C=O) groups excluding carboxylic acids is 2. The largest absolute Gasteiger partial charge is 0.454 e. The first-order valence-corrected chi connectivity index (χ1v) is 11.2. The second-order valence-electron chi connectivity index (χ2n) is 7.01. The number of rotatable bonds is 4. The number of nitrogens with one attached hydrogen (secondary N) is 1. The average Bonchev–Trinajstić information content (AvgIpc) is 3.54. The molecule has 0 radical (unpaired) electrons. The number of hydrogen-bond donors (Lipinski definition) is 1. The predicted molar refractivity (Wildman–Crippen MR) is 113 cm³/mol. The number of amides is 2. The van der Waals surface area contributed by atoms with E-state index >= 15 is 0 Å². The van der Waals surface area contributed by atoms with Crippen molar-refractivity contribution in [2.75, 3.05) is 25.2 Å². The third-order valence-electron chi connectivity index (χ3n) is 5.13. The molecule has 0 aliphatic carbocycles. The van der Waals surface area contributed by atoms with Crippen LogP contribution in [0.5, 0.6) is 11.5 Å². The van der Waals surface area contributed by atoms with Gasteiger partial charge in [-0.25, -0.2) is 0 Å². The smallest absolute Gasteiger partial charge is 0.286 e. The van der Waals surface area contributed by atoms with Gasteiger partial charge in [0.1, 0.15) is 5.01 Å². The Morgan fingerprint density at radius 1 is 1.10 bits per heavy atom. The molecule has 5 rings (SSSR count). The highest BCUT2D eigenvalue weighted by atomic mass is 32.1. The summed E-state index contributed by atoms with van der Waals surface area (Å²) in [4.78, 5) is 27.7. The molecule has 1 aromatic carbocycles. The Bertz CT molecular complexity index is 1070. The molecule has 0 atom stereocenters. The number of benzene rings is 1. The summed E-state index contributed by atoms with van der Waals surface area (Å²) in [7, 11) is 0. The van der Waals surface area contributed by atoms with Crippen LogP contribution < -0.4 is 14.8 Å².